The lowest BCUT2D eigenvalue weighted by molar-refractivity contribution is 0.494. The van der Waals surface area contributed by atoms with Gasteiger partial charge < -0.3 is 5.32 Å². The molecule has 1 heteroatoms. The second-order valence-corrected chi connectivity index (χ2v) is 3.36. The van der Waals surface area contributed by atoms with Gasteiger partial charge >= 0.3 is 0 Å². The smallest absolute Gasteiger partial charge is 0.0367 e. The van der Waals surface area contributed by atoms with E-state index < -0.39 is 0 Å². The van der Waals surface area contributed by atoms with Gasteiger partial charge in [-0.25, -0.2) is 0 Å². The van der Waals surface area contributed by atoms with Gasteiger partial charge in [-0.05, 0) is 38.1 Å². The molecule has 0 spiro atoms. The molecule has 0 bridgehead atoms. The Labute approximate surface area is 56.8 Å². The standard InChI is InChI=1S/C8H14N/c1-6-8-4-2-3-7(8)5-9-6/h7-9H,2-5H2,1H3. The molecule has 9 heavy (non-hydrogen) atoms. The molecule has 2 unspecified atom stereocenters. The van der Waals surface area contributed by atoms with Crippen molar-refractivity contribution in [2.75, 3.05) is 6.54 Å². The van der Waals surface area contributed by atoms with Gasteiger partial charge in [0.1, 0.15) is 0 Å². The van der Waals surface area contributed by atoms with E-state index in [-0.39, 0.29) is 0 Å². The molecule has 2 aliphatic rings. The quantitative estimate of drug-likeness (QED) is 0.516. The first-order chi connectivity index (χ1) is 4.38. The Bertz CT molecular complexity index is 111. The highest BCUT2D eigenvalue weighted by Gasteiger charge is 2.36. The van der Waals surface area contributed by atoms with Crippen LogP contribution in [0.1, 0.15) is 26.2 Å². The summed E-state index contributed by atoms with van der Waals surface area (Å²) in [6.07, 6.45) is 4.38. The fourth-order valence-corrected chi connectivity index (χ4v) is 2.27. The minimum atomic E-state index is 0.949. The lowest BCUT2D eigenvalue weighted by Crippen LogP contribution is -2.12. The summed E-state index contributed by atoms with van der Waals surface area (Å²) in [5.74, 6) is 1.95. The minimum Gasteiger partial charge on any atom is -0.309 e. The van der Waals surface area contributed by atoms with E-state index in [0.717, 1.165) is 11.8 Å². The van der Waals surface area contributed by atoms with Crippen LogP contribution in [-0.4, -0.2) is 6.54 Å². The van der Waals surface area contributed by atoms with E-state index in [2.05, 4.69) is 12.2 Å². The van der Waals surface area contributed by atoms with Gasteiger partial charge in [-0.1, -0.05) is 6.42 Å². The molecule has 2 fully saturated rings. The van der Waals surface area contributed by atoms with Crippen LogP contribution in [0.4, 0.5) is 0 Å². The van der Waals surface area contributed by atoms with Crippen molar-refractivity contribution in [2.24, 2.45) is 11.8 Å². The summed E-state index contributed by atoms with van der Waals surface area (Å²) in [5.41, 5.74) is 0. The van der Waals surface area contributed by atoms with E-state index in [0.29, 0.717) is 0 Å². The van der Waals surface area contributed by atoms with E-state index in [1.165, 1.54) is 25.8 Å². The van der Waals surface area contributed by atoms with Crippen LogP contribution in [0.25, 0.3) is 0 Å². The molecule has 1 N–H and O–H groups in total. The highest BCUT2D eigenvalue weighted by atomic mass is 15.0. The van der Waals surface area contributed by atoms with Crippen LogP contribution in [0, 0.1) is 17.9 Å². The molecular formula is C8H14N. The summed E-state index contributed by atoms with van der Waals surface area (Å²) < 4.78 is 0. The summed E-state index contributed by atoms with van der Waals surface area (Å²) in [4.78, 5) is 0. The molecule has 1 aliphatic carbocycles. The Hall–Kier alpha value is -0.0400. The maximum absolute atomic E-state index is 3.44. The third-order valence-electron chi connectivity index (χ3n) is 2.86. The van der Waals surface area contributed by atoms with Gasteiger partial charge in [-0.3, -0.25) is 0 Å². The van der Waals surface area contributed by atoms with Crippen molar-refractivity contribution in [1.29, 1.82) is 0 Å². The summed E-state index contributed by atoms with van der Waals surface area (Å²) in [7, 11) is 0. The largest absolute Gasteiger partial charge is 0.309 e. The van der Waals surface area contributed by atoms with Crippen LogP contribution in [-0.2, 0) is 0 Å². The monoisotopic (exact) mass is 124 g/mol. The van der Waals surface area contributed by atoms with E-state index in [9.17, 15) is 0 Å². The highest BCUT2D eigenvalue weighted by Crippen LogP contribution is 2.40. The Kier molecular flexibility index (Phi) is 1.26. The molecule has 0 aromatic carbocycles. The van der Waals surface area contributed by atoms with Crippen molar-refractivity contribution in [2.45, 2.75) is 26.2 Å². The molecule has 1 radical (unpaired) electrons. The van der Waals surface area contributed by atoms with Crippen LogP contribution in [0.3, 0.4) is 0 Å². The second kappa shape index (κ2) is 1.98. The predicted molar refractivity (Wildman–Crippen MR) is 37.8 cm³/mol. The zero-order chi connectivity index (χ0) is 6.27. The molecule has 2 atom stereocenters. The Balaban J connectivity index is 2.07. The molecule has 1 heterocycles. The van der Waals surface area contributed by atoms with Gasteiger partial charge in [0, 0.05) is 6.04 Å². The van der Waals surface area contributed by atoms with E-state index in [1.807, 2.05) is 0 Å². The number of nitrogens with one attached hydrogen (secondary N) is 1. The molecule has 51 valence electrons. The first-order valence-electron chi connectivity index (χ1n) is 3.95. The molecule has 0 aromatic heterocycles. The van der Waals surface area contributed by atoms with Crippen molar-refractivity contribution >= 4 is 0 Å². The van der Waals surface area contributed by atoms with Crippen LogP contribution >= 0.6 is 0 Å². The number of rotatable bonds is 0. The maximum Gasteiger partial charge on any atom is 0.0367 e. The molecule has 1 saturated heterocycles. The van der Waals surface area contributed by atoms with Crippen molar-refractivity contribution in [3.63, 3.8) is 0 Å². The average Bonchev–Trinajstić information content (AvgIpc) is 2.35. The SMILES string of the molecule is C[C]1NCC2CCCC12. The van der Waals surface area contributed by atoms with Gasteiger partial charge in [0.15, 0.2) is 0 Å². The molecule has 1 saturated carbocycles. The van der Waals surface area contributed by atoms with Crippen molar-refractivity contribution < 1.29 is 0 Å². The van der Waals surface area contributed by atoms with Crippen LogP contribution in [0.15, 0.2) is 0 Å². The molecule has 1 nitrogen and oxygen atoms in total. The highest BCUT2D eigenvalue weighted by molar-refractivity contribution is 5.03. The average molecular weight is 124 g/mol. The minimum absolute atomic E-state index is 0.949. The first-order valence-corrected chi connectivity index (χ1v) is 3.95. The summed E-state index contributed by atoms with van der Waals surface area (Å²) in [6.45, 7) is 3.51. The van der Waals surface area contributed by atoms with Crippen LogP contribution < -0.4 is 5.32 Å². The number of hydrogen-bond acceptors (Lipinski definition) is 1. The van der Waals surface area contributed by atoms with E-state index in [4.69, 9.17) is 0 Å². The van der Waals surface area contributed by atoms with Crippen molar-refractivity contribution in [3.8, 4) is 0 Å². The molecular weight excluding hydrogens is 110 g/mol. The topological polar surface area (TPSA) is 12.0 Å². The lowest BCUT2D eigenvalue weighted by Gasteiger charge is -2.10. The van der Waals surface area contributed by atoms with E-state index >= 15 is 0 Å². The van der Waals surface area contributed by atoms with Gasteiger partial charge in [-0.15, -0.1) is 0 Å². The van der Waals surface area contributed by atoms with Gasteiger partial charge in [0.25, 0.3) is 0 Å². The number of hydrogen-bond donors (Lipinski definition) is 1. The van der Waals surface area contributed by atoms with Crippen LogP contribution in [0.2, 0.25) is 0 Å². The Morgan fingerprint density at radius 3 is 3.11 bits per heavy atom. The summed E-state index contributed by atoms with van der Waals surface area (Å²) in [6, 6.07) is 1.55. The lowest BCUT2D eigenvalue weighted by atomic mass is 9.95. The third-order valence-corrected chi connectivity index (χ3v) is 2.86. The van der Waals surface area contributed by atoms with Crippen molar-refractivity contribution in [1.82, 2.24) is 5.32 Å². The fourth-order valence-electron chi connectivity index (χ4n) is 2.27. The normalized spacial score (nSPS) is 43.7. The van der Waals surface area contributed by atoms with Crippen molar-refractivity contribution in [3.05, 3.63) is 6.04 Å². The van der Waals surface area contributed by atoms with Gasteiger partial charge in [-0.2, -0.15) is 0 Å². The second-order valence-electron chi connectivity index (χ2n) is 3.36. The predicted octanol–water partition coefficient (Wildman–Crippen LogP) is 1.56. The fraction of sp³-hybridized carbons (Fsp3) is 0.875. The third kappa shape index (κ3) is 0.787. The number of fused-ring (bicyclic) bond motifs is 1. The Morgan fingerprint density at radius 2 is 2.33 bits per heavy atom. The Morgan fingerprint density at radius 1 is 1.44 bits per heavy atom. The molecule has 0 amide bonds. The zero-order valence-electron chi connectivity index (χ0n) is 5.98. The van der Waals surface area contributed by atoms with Gasteiger partial charge in [0.05, 0.1) is 0 Å². The molecule has 0 aromatic rings. The summed E-state index contributed by atoms with van der Waals surface area (Å²) in [5, 5.41) is 3.44. The van der Waals surface area contributed by atoms with E-state index in [1.54, 1.807) is 6.04 Å². The van der Waals surface area contributed by atoms with Gasteiger partial charge in [0.2, 0.25) is 0 Å². The first kappa shape index (κ1) is 5.72. The molecule has 2 rings (SSSR count). The molecule has 1 aliphatic heterocycles. The zero-order valence-corrected chi connectivity index (χ0v) is 5.98. The summed E-state index contributed by atoms with van der Waals surface area (Å²) >= 11 is 0. The maximum atomic E-state index is 3.44. The van der Waals surface area contributed by atoms with Crippen LogP contribution in [0.5, 0.6) is 0 Å².